The maximum Gasteiger partial charge on any atom is 0.417 e. The minimum absolute atomic E-state index is 0.113. The zero-order chi connectivity index (χ0) is 26.4. The minimum Gasteiger partial charge on any atom is -0.463 e. The Balaban J connectivity index is 3.72. The molecule has 9 nitrogen and oxygen atoms in total. The van der Waals surface area contributed by atoms with E-state index in [0.717, 1.165) is 6.92 Å². The van der Waals surface area contributed by atoms with Crippen LogP contribution in [0.2, 0.25) is 0 Å². The number of carbonyl (C=O) groups is 2. The third-order valence-electron chi connectivity index (χ3n) is 5.03. The zero-order valence-corrected chi connectivity index (χ0v) is 18.3. The second kappa shape index (κ2) is 11.7. The highest BCUT2D eigenvalue weighted by Crippen LogP contribution is 2.37. The number of amides is 1. The lowest BCUT2D eigenvalue weighted by Crippen LogP contribution is -2.62. The first-order valence-corrected chi connectivity index (χ1v) is 10.1. The average Bonchev–Trinajstić information content (AvgIpc) is 2.71. The fourth-order valence-electron chi connectivity index (χ4n) is 3.59. The van der Waals surface area contributed by atoms with E-state index >= 15 is 0 Å². The average molecular weight is 505 g/mol. The lowest BCUT2D eigenvalue weighted by atomic mass is 9.80. The van der Waals surface area contributed by atoms with Gasteiger partial charge in [-0.1, -0.05) is 6.92 Å². The van der Waals surface area contributed by atoms with E-state index in [9.17, 15) is 46.1 Å². The number of rotatable bonds is 9. The predicted octanol–water partition coefficient (Wildman–Crippen LogP) is 1.20. The molecule has 0 aromatic carbocycles. The summed E-state index contributed by atoms with van der Waals surface area (Å²) in [5.74, 6) is -1.73. The number of hydrogen-bond donors (Lipinski definition) is 4. The third kappa shape index (κ3) is 7.21. The molecule has 0 aromatic rings. The number of nitrogens with zero attached hydrogens (tertiary/aromatic N) is 1. The van der Waals surface area contributed by atoms with Crippen LogP contribution in [0.15, 0.2) is 11.1 Å². The second-order valence-corrected chi connectivity index (χ2v) is 7.37. The van der Waals surface area contributed by atoms with Crippen LogP contribution < -0.4 is 10.6 Å². The van der Waals surface area contributed by atoms with E-state index in [0.29, 0.717) is 0 Å². The molecule has 1 rings (SSSR count). The first-order chi connectivity index (χ1) is 15.6. The molecule has 0 saturated heterocycles. The number of esters is 1. The zero-order valence-electron chi connectivity index (χ0n) is 18.3. The van der Waals surface area contributed by atoms with E-state index in [1.807, 2.05) is 0 Å². The molecule has 0 aliphatic heterocycles. The molecule has 15 heteroatoms. The van der Waals surface area contributed by atoms with Crippen molar-refractivity contribution in [2.24, 2.45) is 0 Å². The number of ether oxygens (including phenoxy) is 2. The summed E-state index contributed by atoms with van der Waals surface area (Å²) in [5.41, 5.74) is -0.313. The number of aliphatic hydroxyl groups is 2. The van der Waals surface area contributed by atoms with Crippen LogP contribution in [0.4, 0.5) is 26.3 Å². The van der Waals surface area contributed by atoms with E-state index in [4.69, 9.17) is 14.7 Å². The van der Waals surface area contributed by atoms with Crippen LogP contribution in [0, 0.1) is 11.5 Å². The number of alkyl halides is 6. The maximum absolute atomic E-state index is 13.2. The van der Waals surface area contributed by atoms with Crippen molar-refractivity contribution in [3.63, 3.8) is 0 Å². The van der Waals surface area contributed by atoms with Gasteiger partial charge < -0.3 is 30.3 Å². The summed E-state index contributed by atoms with van der Waals surface area (Å²) in [6.45, 7) is 3.77. The molecule has 0 spiro atoms. The van der Waals surface area contributed by atoms with Gasteiger partial charge in [-0.25, -0.2) is 4.79 Å². The molecule has 1 aliphatic rings. The summed E-state index contributed by atoms with van der Waals surface area (Å²) >= 11 is 0. The van der Waals surface area contributed by atoms with Crippen molar-refractivity contribution in [2.45, 2.75) is 82.5 Å². The molecule has 0 heterocycles. The van der Waals surface area contributed by atoms with Crippen LogP contribution in [0.25, 0.3) is 0 Å². The fraction of sp³-hybridized carbons (Fsp3) is 0.737. The van der Waals surface area contributed by atoms with Gasteiger partial charge >= 0.3 is 18.3 Å². The molecular formula is C19H25F6N3O6. The summed E-state index contributed by atoms with van der Waals surface area (Å²) < 4.78 is 89.0. The highest BCUT2D eigenvalue weighted by atomic mass is 19.4. The van der Waals surface area contributed by atoms with E-state index in [2.05, 4.69) is 10.6 Å². The summed E-state index contributed by atoms with van der Waals surface area (Å²) in [6, 6.07) is -2.66. The molecule has 1 unspecified atom stereocenters. The van der Waals surface area contributed by atoms with Gasteiger partial charge in [-0.05, 0) is 18.9 Å². The molecular weight excluding hydrogens is 480 g/mol. The number of nitrogens with one attached hydrogen (secondary N) is 2. The largest absolute Gasteiger partial charge is 0.463 e. The summed E-state index contributed by atoms with van der Waals surface area (Å²) in [4.78, 5) is 24.2. The topological polar surface area (TPSA) is 141 Å². The Morgan fingerprint density at radius 2 is 1.68 bits per heavy atom. The van der Waals surface area contributed by atoms with Crippen molar-refractivity contribution in [2.75, 3.05) is 6.61 Å². The lowest BCUT2D eigenvalue weighted by molar-refractivity contribution is -0.296. The number of hydrogen-bond acceptors (Lipinski definition) is 8. The van der Waals surface area contributed by atoms with Gasteiger partial charge in [0.25, 0.3) is 0 Å². The van der Waals surface area contributed by atoms with Crippen LogP contribution in [-0.4, -0.2) is 77.5 Å². The van der Waals surface area contributed by atoms with Crippen molar-refractivity contribution in [1.29, 1.82) is 5.26 Å². The third-order valence-corrected chi connectivity index (χ3v) is 5.03. The normalized spacial score (nSPS) is 24.0. The first kappa shape index (κ1) is 29.5. The molecule has 1 aliphatic carbocycles. The van der Waals surface area contributed by atoms with Crippen LogP contribution in [0.3, 0.4) is 0 Å². The monoisotopic (exact) mass is 505 g/mol. The molecule has 0 fully saturated rings. The predicted molar refractivity (Wildman–Crippen MR) is 101 cm³/mol. The minimum atomic E-state index is -5.63. The highest BCUT2D eigenvalue weighted by Gasteiger charge is 2.56. The number of halogens is 6. The van der Waals surface area contributed by atoms with E-state index in [1.54, 1.807) is 6.19 Å². The molecule has 4 N–H and O–H groups in total. The smallest absolute Gasteiger partial charge is 0.417 e. The van der Waals surface area contributed by atoms with Crippen molar-refractivity contribution in [1.82, 2.24) is 10.6 Å². The molecule has 194 valence electrons. The molecule has 0 radical (unpaired) electrons. The van der Waals surface area contributed by atoms with Gasteiger partial charge in [0.05, 0.1) is 18.7 Å². The number of carbonyl (C=O) groups excluding carboxylic acids is 2. The van der Waals surface area contributed by atoms with E-state index in [1.165, 1.54) is 13.8 Å². The van der Waals surface area contributed by atoms with E-state index < -0.39 is 60.7 Å². The Hall–Kier alpha value is -2.57. The Morgan fingerprint density at radius 3 is 2.06 bits per heavy atom. The quantitative estimate of drug-likeness (QED) is 0.159. The molecule has 0 bridgehead atoms. The molecule has 1 amide bonds. The van der Waals surface area contributed by atoms with Gasteiger partial charge in [-0.2, -0.15) is 31.6 Å². The SMILES string of the molecule is CCOC(=O)C1=C(CC)[C@@H](OC([C@@H](O)C(F)(F)F)[C@H](O)C(F)(F)F)[C@H](NC(C)=O)[C@@H](NC#N)C1. The lowest BCUT2D eigenvalue weighted by Gasteiger charge is -2.42. The van der Waals surface area contributed by atoms with Crippen molar-refractivity contribution < 1.29 is 55.6 Å². The maximum atomic E-state index is 13.2. The van der Waals surface area contributed by atoms with Crippen molar-refractivity contribution >= 4 is 11.9 Å². The summed E-state index contributed by atoms with van der Waals surface area (Å²) in [5, 5.41) is 32.8. The van der Waals surface area contributed by atoms with Crippen LogP contribution in [-0.2, 0) is 19.1 Å². The Labute approximate surface area is 190 Å². The van der Waals surface area contributed by atoms with Crippen LogP contribution >= 0.6 is 0 Å². The van der Waals surface area contributed by atoms with Crippen molar-refractivity contribution in [3.8, 4) is 6.19 Å². The fourth-order valence-corrected chi connectivity index (χ4v) is 3.59. The van der Waals surface area contributed by atoms with E-state index in [-0.39, 0.29) is 30.6 Å². The van der Waals surface area contributed by atoms with Crippen molar-refractivity contribution in [3.05, 3.63) is 11.1 Å². The number of nitriles is 1. The van der Waals surface area contributed by atoms with Gasteiger partial charge in [-0.15, -0.1) is 0 Å². The molecule has 34 heavy (non-hydrogen) atoms. The van der Waals surface area contributed by atoms with Gasteiger partial charge in [0, 0.05) is 18.9 Å². The first-order valence-electron chi connectivity index (χ1n) is 10.1. The van der Waals surface area contributed by atoms with Gasteiger partial charge in [0.2, 0.25) is 5.91 Å². The Kier molecular flexibility index (Phi) is 10.2. The summed E-state index contributed by atoms with van der Waals surface area (Å²) in [6.07, 6.45) is -22.9. The van der Waals surface area contributed by atoms with Gasteiger partial charge in [0.15, 0.2) is 18.4 Å². The van der Waals surface area contributed by atoms with Crippen LogP contribution in [0.1, 0.15) is 33.6 Å². The van der Waals surface area contributed by atoms with Gasteiger partial charge in [-0.3, -0.25) is 4.79 Å². The van der Waals surface area contributed by atoms with Gasteiger partial charge in [0.1, 0.15) is 12.2 Å². The standard InChI is InChI=1S/C19H25F6N3O6/c1-4-9-10(17(32)33-5-2)6-11(27-7-26)12(28-8(3)29)13(9)34-14(15(30)18(20,21)22)16(31)19(23,24)25/h11-16,27,30-31H,4-6H2,1-3H3,(H,28,29)/t11-,12+,13+,14?,15-,16+/m0/s1. The Morgan fingerprint density at radius 1 is 1.15 bits per heavy atom. The molecule has 0 aromatic heterocycles. The Bertz CT molecular complexity index is 790. The number of aliphatic hydroxyl groups excluding tert-OH is 2. The summed E-state index contributed by atoms with van der Waals surface area (Å²) in [7, 11) is 0. The molecule has 6 atom stereocenters. The highest BCUT2D eigenvalue weighted by molar-refractivity contribution is 5.90. The second-order valence-electron chi connectivity index (χ2n) is 7.37. The van der Waals surface area contributed by atoms with Crippen LogP contribution in [0.5, 0.6) is 0 Å². The molecule has 0 saturated carbocycles.